The van der Waals surface area contributed by atoms with Gasteiger partial charge in [-0.1, -0.05) is 23.8 Å². The number of sulfonamides is 1. The van der Waals surface area contributed by atoms with Gasteiger partial charge in [0.15, 0.2) is 0 Å². The molecule has 2 rings (SSSR count). The van der Waals surface area contributed by atoms with Gasteiger partial charge >= 0.3 is 11.4 Å². The number of anilines is 1. The van der Waals surface area contributed by atoms with Crippen LogP contribution in [0.15, 0.2) is 52.3 Å². The Bertz CT molecular complexity index is 981. The number of nitriles is 1. The molecule has 0 saturated heterocycles. The molecule has 0 atom stereocenters. The Balaban J connectivity index is 2.42. The summed E-state index contributed by atoms with van der Waals surface area (Å²) in [6.07, 6.45) is -5.83. The standard InChI is InChI=1S/C16H11F5N2O2S2/c1-10-5-7-11(8-6-10)27(24,25)23-13-3-2-4-14(12(13)9-22)26-16(20,21)15(17,18)19/h2-8,23H,1H3. The number of hydrogen-bond acceptors (Lipinski definition) is 4. The van der Waals surface area contributed by atoms with E-state index < -0.39 is 49.4 Å². The second-order valence-electron chi connectivity index (χ2n) is 5.33. The average Bonchev–Trinajstić information content (AvgIpc) is 2.54. The number of hydrogen-bond donors (Lipinski definition) is 1. The predicted octanol–water partition coefficient (Wildman–Crippen LogP) is 4.91. The topological polar surface area (TPSA) is 70.0 Å². The van der Waals surface area contributed by atoms with Gasteiger partial charge in [-0.05, 0) is 43.0 Å². The van der Waals surface area contributed by atoms with Gasteiger partial charge in [0.05, 0.1) is 16.1 Å². The van der Waals surface area contributed by atoms with Gasteiger partial charge in [0.1, 0.15) is 6.07 Å². The molecule has 0 aliphatic rings. The largest absolute Gasteiger partial charge is 0.464 e. The summed E-state index contributed by atoms with van der Waals surface area (Å²) in [5, 5.41) is 4.03. The summed E-state index contributed by atoms with van der Waals surface area (Å²) in [6.45, 7) is 1.74. The van der Waals surface area contributed by atoms with Crippen LogP contribution in [0.2, 0.25) is 0 Å². The maximum absolute atomic E-state index is 13.3. The van der Waals surface area contributed by atoms with Gasteiger partial charge in [-0.25, -0.2) is 8.42 Å². The second-order valence-corrected chi connectivity index (χ2v) is 8.16. The minimum absolute atomic E-state index is 0.157. The highest BCUT2D eigenvalue weighted by molar-refractivity contribution is 8.00. The van der Waals surface area contributed by atoms with Gasteiger partial charge in [-0.15, -0.1) is 0 Å². The van der Waals surface area contributed by atoms with E-state index in [2.05, 4.69) is 0 Å². The van der Waals surface area contributed by atoms with E-state index in [0.717, 1.165) is 23.8 Å². The number of aryl methyl sites for hydroxylation is 1. The highest BCUT2D eigenvalue weighted by Crippen LogP contribution is 2.48. The molecule has 0 unspecified atom stereocenters. The van der Waals surface area contributed by atoms with Crippen LogP contribution < -0.4 is 4.72 Å². The lowest BCUT2D eigenvalue weighted by Crippen LogP contribution is -2.32. The number of rotatable bonds is 5. The lowest BCUT2D eigenvalue weighted by atomic mass is 10.2. The number of alkyl halides is 5. The van der Waals surface area contributed by atoms with Crippen LogP contribution in [0, 0.1) is 18.3 Å². The lowest BCUT2D eigenvalue weighted by molar-refractivity contribution is -0.237. The van der Waals surface area contributed by atoms with Crippen molar-refractivity contribution in [1.29, 1.82) is 5.26 Å². The third-order valence-corrected chi connectivity index (χ3v) is 5.71. The number of thioether (sulfide) groups is 1. The average molecular weight is 422 g/mol. The SMILES string of the molecule is Cc1ccc(S(=O)(=O)Nc2cccc(SC(F)(F)C(F)(F)F)c2C#N)cc1. The van der Waals surface area contributed by atoms with Gasteiger partial charge in [0.2, 0.25) is 0 Å². The Morgan fingerprint density at radius 3 is 2.15 bits per heavy atom. The van der Waals surface area contributed by atoms with Crippen LogP contribution in [0.25, 0.3) is 0 Å². The second kappa shape index (κ2) is 7.36. The van der Waals surface area contributed by atoms with E-state index in [1.165, 1.54) is 30.3 Å². The summed E-state index contributed by atoms with van der Waals surface area (Å²) < 4.78 is 90.6. The first-order valence-corrected chi connectivity index (χ1v) is 9.43. The smallest absolute Gasteiger partial charge is 0.278 e. The third-order valence-electron chi connectivity index (χ3n) is 3.28. The summed E-state index contributed by atoms with van der Waals surface area (Å²) in [5.41, 5.74) is -0.248. The molecule has 0 fully saturated rings. The van der Waals surface area contributed by atoms with Gasteiger partial charge in [-0.2, -0.15) is 27.2 Å². The van der Waals surface area contributed by atoms with E-state index in [1.54, 1.807) is 6.92 Å². The molecular formula is C16H11F5N2O2S2. The maximum atomic E-state index is 13.3. The van der Waals surface area contributed by atoms with Crippen molar-refractivity contribution in [2.45, 2.75) is 28.1 Å². The Morgan fingerprint density at radius 2 is 1.63 bits per heavy atom. The van der Waals surface area contributed by atoms with Crippen LogP contribution in [0.1, 0.15) is 11.1 Å². The molecule has 0 saturated carbocycles. The molecule has 0 radical (unpaired) electrons. The first kappa shape index (κ1) is 21.0. The Hall–Kier alpha value is -2.32. The lowest BCUT2D eigenvalue weighted by Gasteiger charge is -2.20. The van der Waals surface area contributed by atoms with Gasteiger partial charge in [0, 0.05) is 4.90 Å². The quantitative estimate of drug-likeness (QED) is 0.549. The van der Waals surface area contributed by atoms with Crippen molar-refractivity contribution in [3.8, 4) is 6.07 Å². The Morgan fingerprint density at radius 1 is 1.04 bits per heavy atom. The first-order chi connectivity index (χ1) is 12.4. The number of nitrogens with zero attached hydrogens (tertiary/aromatic N) is 1. The fourth-order valence-electron chi connectivity index (χ4n) is 1.93. The molecule has 4 nitrogen and oxygen atoms in total. The van der Waals surface area contributed by atoms with Crippen LogP contribution in [0.5, 0.6) is 0 Å². The summed E-state index contributed by atoms with van der Waals surface area (Å²) in [5.74, 6) is 0. The predicted molar refractivity (Wildman–Crippen MR) is 90.0 cm³/mol. The van der Waals surface area contributed by atoms with E-state index in [1.807, 2.05) is 4.72 Å². The molecule has 2 aromatic rings. The van der Waals surface area contributed by atoms with Gasteiger partial charge in [-0.3, -0.25) is 4.72 Å². The van der Waals surface area contributed by atoms with E-state index >= 15 is 0 Å². The number of halogens is 5. The van der Waals surface area contributed by atoms with Crippen molar-refractivity contribution in [3.63, 3.8) is 0 Å². The van der Waals surface area contributed by atoms with Crippen molar-refractivity contribution in [3.05, 3.63) is 53.6 Å². The van der Waals surface area contributed by atoms with Crippen molar-refractivity contribution >= 4 is 27.5 Å². The molecule has 0 amide bonds. The van der Waals surface area contributed by atoms with Crippen LogP contribution in [-0.2, 0) is 10.0 Å². The van der Waals surface area contributed by atoms with Crippen molar-refractivity contribution in [2.24, 2.45) is 0 Å². The fourth-order valence-corrected chi connectivity index (χ4v) is 3.80. The zero-order chi connectivity index (χ0) is 20.5. The van der Waals surface area contributed by atoms with E-state index in [9.17, 15) is 35.6 Å². The third kappa shape index (κ3) is 4.70. The molecular weight excluding hydrogens is 411 g/mol. The molecule has 0 aromatic heterocycles. The summed E-state index contributed by atoms with van der Waals surface area (Å²) in [4.78, 5) is -0.861. The monoisotopic (exact) mass is 422 g/mol. The van der Waals surface area contributed by atoms with Crippen LogP contribution in [0.4, 0.5) is 27.6 Å². The minimum atomic E-state index is -5.83. The van der Waals surface area contributed by atoms with Crippen LogP contribution in [0.3, 0.4) is 0 Å². The molecule has 11 heteroatoms. The van der Waals surface area contributed by atoms with E-state index in [0.29, 0.717) is 0 Å². The first-order valence-electron chi connectivity index (χ1n) is 7.13. The molecule has 0 aliphatic carbocycles. The van der Waals surface area contributed by atoms with E-state index in [4.69, 9.17) is 0 Å². The number of benzene rings is 2. The molecule has 0 heterocycles. The summed E-state index contributed by atoms with van der Waals surface area (Å²) >= 11 is -0.874. The number of nitrogens with one attached hydrogen (secondary N) is 1. The molecule has 27 heavy (non-hydrogen) atoms. The zero-order valence-corrected chi connectivity index (χ0v) is 15.1. The minimum Gasteiger partial charge on any atom is -0.278 e. The normalized spacial score (nSPS) is 12.5. The van der Waals surface area contributed by atoms with Crippen LogP contribution in [-0.4, -0.2) is 19.8 Å². The zero-order valence-electron chi connectivity index (χ0n) is 13.5. The fraction of sp³-hybridized carbons (Fsp3) is 0.188. The molecule has 0 spiro atoms. The Labute approximate surface area is 156 Å². The summed E-state index contributed by atoms with van der Waals surface area (Å²) in [6, 6.07) is 10.2. The molecule has 0 aliphatic heterocycles. The highest BCUT2D eigenvalue weighted by Gasteiger charge is 2.58. The molecule has 1 N–H and O–H groups in total. The highest BCUT2D eigenvalue weighted by atomic mass is 32.2. The van der Waals surface area contributed by atoms with Crippen molar-refractivity contribution in [1.82, 2.24) is 0 Å². The molecule has 0 bridgehead atoms. The van der Waals surface area contributed by atoms with E-state index in [-0.39, 0.29) is 4.90 Å². The van der Waals surface area contributed by atoms with Crippen LogP contribution >= 0.6 is 11.8 Å². The van der Waals surface area contributed by atoms with Gasteiger partial charge < -0.3 is 0 Å². The maximum Gasteiger partial charge on any atom is 0.464 e. The summed E-state index contributed by atoms with van der Waals surface area (Å²) in [7, 11) is -4.17. The Kier molecular flexibility index (Phi) is 5.72. The molecule has 144 valence electrons. The van der Waals surface area contributed by atoms with Crippen molar-refractivity contribution < 1.29 is 30.4 Å². The van der Waals surface area contributed by atoms with Gasteiger partial charge in [0.25, 0.3) is 10.0 Å². The van der Waals surface area contributed by atoms with Crippen molar-refractivity contribution in [2.75, 3.05) is 4.72 Å². The molecule has 2 aromatic carbocycles.